The fourth-order valence-corrected chi connectivity index (χ4v) is 8.34. The van der Waals surface area contributed by atoms with E-state index in [0.29, 0.717) is 19.3 Å². The second kappa shape index (κ2) is 48.0. The van der Waals surface area contributed by atoms with Crippen molar-refractivity contribution in [2.24, 2.45) is 0 Å². The predicted octanol–water partition coefficient (Wildman–Crippen LogP) is 16.1. The molecule has 0 rings (SSSR count). The zero-order chi connectivity index (χ0) is 47.7. The van der Waals surface area contributed by atoms with Gasteiger partial charge in [0.2, 0.25) is 0 Å². The number of carboxylic acid groups (broad SMARTS) is 1. The molecule has 380 valence electrons. The van der Waals surface area contributed by atoms with E-state index in [0.717, 1.165) is 57.8 Å². The van der Waals surface area contributed by atoms with Crippen molar-refractivity contribution in [2.75, 3.05) is 41.0 Å². The van der Waals surface area contributed by atoms with E-state index in [1.807, 2.05) is 21.1 Å². The van der Waals surface area contributed by atoms with Crippen LogP contribution < -0.4 is 0 Å². The first-order valence-electron chi connectivity index (χ1n) is 27.5. The van der Waals surface area contributed by atoms with Crippen LogP contribution in [0.5, 0.6) is 0 Å². The molecule has 0 bridgehead atoms. The van der Waals surface area contributed by atoms with Gasteiger partial charge in [-0.15, -0.1) is 0 Å². The predicted molar refractivity (Wildman–Crippen MR) is 275 cm³/mol. The van der Waals surface area contributed by atoms with E-state index in [4.69, 9.17) is 14.2 Å². The second-order valence-electron chi connectivity index (χ2n) is 19.8. The van der Waals surface area contributed by atoms with Crippen LogP contribution >= 0.6 is 0 Å². The maximum Gasteiger partial charge on any atom is 0.362 e. The van der Waals surface area contributed by atoms with Crippen LogP contribution in [0.2, 0.25) is 0 Å². The second-order valence-corrected chi connectivity index (χ2v) is 19.8. The lowest BCUT2D eigenvalue weighted by Crippen LogP contribution is -2.50. The average Bonchev–Trinajstić information content (AvgIpc) is 3.27. The van der Waals surface area contributed by atoms with Gasteiger partial charge < -0.3 is 23.8 Å². The average molecular weight is 917 g/mol. The molecule has 0 aliphatic carbocycles. The molecule has 0 fully saturated rings. The first-order chi connectivity index (χ1) is 31.6. The minimum Gasteiger partial charge on any atom is -0.477 e. The van der Waals surface area contributed by atoms with Crippen molar-refractivity contribution in [2.45, 2.75) is 270 Å². The minimum absolute atomic E-state index is 0.0502. The summed E-state index contributed by atoms with van der Waals surface area (Å²) in [6.07, 6.45) is 57.7. The third-order valence-electron chi connectivity index (χ3n) is 12.6. The van der Waals surface area contributed by atoms with Crippen molar-refractivity contribution >= 4 is 17.9 Å². The molecule has 8 nitrogen and oxygen atoms in total. The number of hydrogen-bond donors (Lipinski definition) is 1. The van der Waals surface area contributed by atoms with Crippen molar-refractivity contribution in [1.82, 2.24) is 0 Å². The zero-order valence-electron chi connectivity index (χ0n) is 43.5. The molecule has 2 atom stereocenters. The molecule has 0 heterocycles. The first-order valence-corrected chi connectivity index (χ1v) is 27.5. The summed E-state index contributed by atoms with van der Waals surface area (Å²) in [6, 6.07) is -0.614. The number of hydrogen-bond acceptors (Lipinski definition) is 6. The van der Waals surface area contributed by atoms with E-state index in [2.05, 4.69) is 50.3 Å². The summed E-state index contributed by atoms with van der Waals surface area (Å²) in [5, 5.41) is 9.67. The highest BCUT2D eigenvalue weighted by molar-refractivity contribution is 5.72. The number of unbranched alkanes of at least 4 members (excludes halogenated alkanes) is 30. The highest BCUT2D eigenvalue weighted by atomic mass is 16.6. The molecule has 0 saturated heterocycles. The number of ether oxygens (including phenoxy) is 3. The number of nitrogens with zero attached hydrogens (tertiary/aromatic N) is 1. The number of carbonyl (C=O) groups is 3. The summed E-state index contributed by atoms with van der Waals surface area (Å²) in [4.78, 5) is 37.2. The Kier molecular flexibility index (Phi) is 46.2. The third-order valence-corrected chi connectivity index (χ3v) is 12.6. The summed E-state index contributed by atoms with van der Waals surface area (Å²) in [6.45, 7) is 4.67. The molecular weight excluding hydrogens is 811 g/mol. The van der Waals surface area contributed by atoms with Gasteiger partial charge >= 0.3 is 17.9 Å². The normalized spacial score (nSPS) is 13.1. The number of likely N-dealkylation sites (N-methyl/N-ethyl adjacent to an activating group) is 1. The summed E-state index contributed by atoms with van der Waals surface area (Å²) in [5.41, 5.74) is 0. The fourth-order valence-electron chi connectivity index (χ4n) is 8.34. The zero-order valence-corrected chi connectivity index (χ0v) is 43.5. The van der Waals surface area contributed by atoms with Crippen LogP contribution in [-0.2, 0) is 28.6 Å². The molecule has 0 aromatic rings. The lowest BCUT2D eigenvalue weighted by atomic mass is 10.0. The topological polar surface area (TPSA) is 99.1 Å². The molecule has 8 heteroatoms. The van der Waals surface area contributed by atoms with Crippen LogP contribution in [-0.4, -0.2) is 80.6 Å². The molecule has 0 amide bonds. The number of aliphatic carboxylic acids is 1. The van der Waals surface area contributed by atoms with Crippen molar-refractivity contribution in [3.63, 3.8) is 0 Å². The smallest absolute Gasteiger partial charge is 0.362 e. The Balaban J connectivity index is 4.17. The van der Waals surface area contributed by atoms with Gasteiger partial charge in [0.15, 0.2) is 12.1 Å². The summed E-state index contributed by atoms with van der Waals surface area (Å²) >= 11 is 0. The van der Waals surface area contributed by atoms with Gasteiger partial charge in [-0.2, -0.15) is 0 Å². The van der Waals surface area contributed by atoms with Gasteiger partial charge in [0, 0.05) is 19.3 Å². The van der Waals surface area contributed by atoms with Crippen molar-refractivity contribution in [3.8, 4) is 0 Å². The molecule has 0 saturated carbocycles. The molecule has 0 aliphatic heterocycles. The lowest BCUT2D eigenvalue weighted by molar-refractivity contribution is -0.887. The summed E-state index contributed by atoms with van der Waals surface area (Å²) in [7, 11) is 5.55. The van der Waals surface area contributed by atoms with E-state index in [1.165, 1.54) is 167 Å². The molecule has 0 aromatic carbocycles. The van der Waals surface area contributed by atoms with Crippen molar-refractivity contribution < 1.29 is 38.2 Å². The maximum absolute atomic E-state index is 12.8. The Bertz CT molecular complexity index is 1160. The fraction of sp³-hybridized carbons (Fsp3) is 0.842. The van der Waals surface area contributed by atoms with Crippen LogP contribution in [0.25, 0.3) is 0 Å². The largest absolute Gasteiger partial charge is 0.477 e. The SMILES string of the molecule is CC/C=C/C/C=C/C/C=C/CCCCCCCCCCCC(=O)OCC(COCCC(C(=O)O)[N+](C)(C)C)OC(=O)CCCCCCCCCCCCCCCCCCCCCCCC. The Labute approximate surface area is 402 Å². The van der Waals surface area contributed by atoms with Crippen LogP contribution in [0.4, 0.5) is 0 Å². The van der Waals surface area contributed by atoms with E-state index >= 15 is 0 Å². The monoisotopic (exact) mass is 917 g/mol. The van der Waals surface area contributed by atoms with Gasteiger partial charge in [-0.25, -0.2) is 4.79 Å². The van der Waals surface area contributed by atoms with Gasteiger partial charge in [-0.3, -0.25) is 9.59 Å². The van der Waals surface area contributed by atoms with Gasteiger partial charge in [0.1, 0.15) is 6.61 Å². The van der Waals surface area contributed by atoms with Gasteiger partial charge in [0.25, 0.3) is 0 Å². The molecule has 0 aromatic heterocycles. The number of quaternary nitrogens is 1. The van der Waals surface area contributed by atoms with E-state index in [-0.39, 0.29) is 36.2 Å². The molecule has 0 radical (unpaired) electrons. The van der Waals surface area contributed by atoms with Crippen molar-refractivity contribution in [1.29, 1.82) is 0 Å². The number of esters is 2. The molecule has 2 unspecified atom stereocenters. The standard InChI is InChI=1S/C57H105NO7/c1-6-8-10-12-14-16-18-20-22-24-26-27-28-30-32-34-36-38-40-42-44-46-48-56(60)65-53(51-63-50-49-54(57(61)62)58(3,4)5)52-64-55(59)47-45-43-41-39-37-35-33-31-29-25-23-21-19-17-15-13-11-9-7-2/h9,11,15,17,21,23,53-54H,6-8,10,12-14,16,18-20,22,24-52H2,1-5H3/p+1/b11-9+,17-15+,23-21+. The first kappa shape index (κ1) is 62.5. The summed E-state index contributed by atoms with van der Waals surface area (Å²) in [5.74, 6) is -1.46. The van der Waals surface area contributed by atoms with Crippen molar-refractivity contribution in [3.05, 3.63) is 36.5 Å². The van der Waals surface area contributed by atoms with Gasteiger partial charge in [-0.1, -0.05) is 230 Å². The lowest BCUT2D eigenvalue weighted by Gasteiger charge is -2.31. The number of carboxylic acids is 1. The number of allylic oxidation sites excluding steroid dienone is 6. The highest BCUT2D eigenvalue weighted by Crippen LogP contribution is 2.17. The van der Waals surface area contributed by atoms with Crippen LogP contribution in [0.15, 0.2) is 36.5 Å². The Morgan fingerprint density at radius 2 is 0.862 bits per heavy atom. The number of carbonyl (C=O) groups excluding carboxylic acids is 2. The van der Waals surface area contributed by atoms with Crippen LogP contribution in [0.3, 0.4) is 0 Å². The van der Waals surface area contributed by atoms with E-state index in [1.54, 1.807) is 0 Å². The Hall–Kier alpha value is -2.45. The summed E-state index contributed by atoms with van der Waals surface area (Å²) < 4.78 is 17.4. The molecular formula is C57H106NO7+. The minimum atomic E-state index is -0.872. The maximum atomic E-state index is 12.8. The Morgan fingerprint density at radius 3 is 1.28 bits per heavy atom. The van der Waals surface area contributed by atoms with Crippen LogP contribution in [0, 0.1) is 0 Å². The molecule has 0 aliphatic rings. The van der Waals surface area contributed by atoms with E-state index < -0.39 is 18.1 Å². The highest BCUT2D eigenvalue weighted by Gasteiger charge is 2.31. The third kappa shape index (κ3) is 46.4. The van der Waals surface area contributed by atoms with E-state index in [9.17, 15) is 19.5 Å². The quantitative estimate of drug-likeness (QED) is 0.0281. The Morgan fingerprint density at radius 1 is 0.477 bits per heavy atom. The molecule has 0 spiro atoms. The number of rotatable bonds is 50. The van der Waals surface area contributed by atoms with Gasteiger partial charge in [0.05, 0.1) is 34.4 Å². The molecule has 1 N–H and O–H groups in total. The molecule has 65 heavy (non-hydrogen) atoms. The van der Waals surface area contributed by atoms with Crippen LogP contribution in [0.1, 0.15) is 258 Å². The van der Waals surface area contributed by atoms with Gasteiger partial charge in [-0.05, 0) is 44.9 Å².